The van der Waals surface area contributed by atoms with Crippen molar-refractivity contribution in [1.82, 2.24) is 39.2 Å². The van der Waals surface area contributed by atoms with E-state index in [9.17, 15) is 0 Å². The summed E-state index contributed by atoms with van der Waals surface area (Å²) in [6, 6.07) is 3.32. The van der Waals surface area contributed by atoms with Gasteiger partial charge in [-0.25, -0.2) is 0 Å². The van der Waals surface area contributed by atoms with Gasteiger partial charge in [-0.2, -0.15) is 0 Å². The molecular weight excluding hydrogens is 1650 g/mol. The minimum atomic E-state index is -4.50. The van der Waals surface area contributed by atoms with E-state index in [1.165, 1.54) is 0 Å². The van der Waals surface area contributed by atoms with E-state index in [-0.39, 0.29) is 39.6 Å². The largest absolute Gasteiger partial charge is 0.493 e. The Morgan fingerprint density at radius 3 is 0.385 bits per heavy atom. The molecule has 6 atom stereocenters. The van der Waals surface area contributed by atoms with Crippen molar-refractivity contribution in [2.45, 2.75) is 169 Å². The number of hydrogen-bond donors (Lipinski definition) is 0. The summed E-state index contributed by atoms with van der Waals surface area (Å²) in [7, 11) is -33.7. The van der Waals surface area contributed by atoms with Crippen LogP contribution < -0.4 is 0 Å². The fourth-order valence-corrected chi connectivity index (χ4v) is 53.5. The van der Waals surface area contributed by atoms with Gasteiger partial charge < -0.3 is 111 Å². The van der Waals surface area contributed by atoms with E-state index < -0.39 is 70.4 Å². The van der Waals surface area contributed by atoms with E-state index in [0.717, 1.165) is 157 Å². The molecule has 8 fully saturated rings. The monoisotopic (exact) mass is 1810 g/mol. The molecular formula is C76H162N8O25Si8. The van der Waals surface area contributed by atoms with E-state index in [1.807, 2.05) is 69.2 Å². The first-order valence-corrected chi connectivity index (χ1v) is 61.3. The maximum absolute atomic E-state index is 8.65. The summed E-state index contributed by atoms with van der Waals surface area (Å²) in [6.07, 6.45) is 5.41. The summed E-state index contributed by atoms with van der Waals surface area (Å²) in [5, 5.41) is 0. The first-order valence-electron chi connectivity index (χ1n) is 45.9. The van der Waals surface area contributed by atoms with Gasteiger partial charge in [-0.1, -0.05) is 0 Å². The van der Waals surface area contributed by atoms with Gasteiger partial charge in [0.1, 0.15) is 0 Å². The SMILES string of the molecule is CCO[Si](CCCN1CCOCC1)(OCC)O[Si](CCCN1CCOCC1)(OCC)O[Si](CCCN1CCOCC1)(OCC)O[Si](CCCN1CCOCC1)(OCC)O[Si](CCCN1CCOCC1)(OCC)O[Si](CCCN1CCOCC1)(OCC)O[Si](CCCN1CCOCC1)(OCC)O[Si](CCCN1CCOCC1)(OCC)OCC. The van der Waals surface area contributed by atoms with Crippen molar-refractivity contribution in [3.8, 4) is 0 Å². The molecule has 0 N–H and O–H groups in total. The maximum Gasteiger partial charge on any atom is 0.493 e. The first-order chi connectivity index (χ1) is 57.2. The molecule has 0 aromatic rings. The lowest BCUT2D eigenvalue weighted by atomic mass is 10.3. The summed E-state index contributed by atoms with van der Waals surface area (Å²) in [4.78, 5) is 19.7. The van der Waals surface area contributed by atoms with E-state index in [0.29, 0.717) is 232 Å². The highest BCUT2D eigenvalue weighted by molar-refractivity contribution is 6.88. The van der Waals surface area contributed by atoms with Crippen molar-refractivity contribution >= 4 is 70.4 Å². The quantitative estimate of drug-likeness (QED) is 0.0570. The molecule has 8 aliphatic rings. The molecule has 6 unspecified atom stereocenters. The Kier molecular flexibility index (Phi) is 51.0. The third-order valence-electron chi connectivity index (χ3n) is 22.3. The Labute approximate surface area is 714 Å². The smallest absolute Gasteiger partial charge is 0.379 e. The topological polar surface area (TPSA) is 257 Å². The second kappa shape index (κ2) is 58.1. The molecule has 0 aromatic carbocycles. The third kappa shape index (κ3) is 37.2. The van der Waals surface area contributed by atoms with Gasteiger partial charge in [-0.15, -0.1) is 0 Å². The molecule has 0 aromatic heterocycles. The summed E-state index contributed by atoms with van der Waals surface area (Å²) < 4.78 is 180. The highest BCUT2D eigenvalue weighted by atomic mass is 28.5. The molecule has 0 aliphatic carbocycles. The lowest BCUT2D eigenvalue weighted by Gasteiger charge is -2.48. The highest BCUT2D eigenvalue weighted by Gasteiger charge is 2.68. The fraction of sp³-hybridized carbons (Fsp3) is 1.00. The number of morpholine rings is 8. The van der Waals surface area contributed by atoms with E-state index >= 15 is 0 Å². The van der Waals surface area contributed by atoms with Crippen LogP contribution in [0.5, 0.6) is 0 Å². The molecule has 8 saturated heterocycles. The minimum absolute atomic E-state index is 0.213. The zero-order valence-corrected chi connectivity index (χ0v) is 82.5. The molecule has 41 heteroatoms. The molecule has 0 radical (unpaired) electrons. The maximum atomic E-state index is 8.65. The van der Waals surface area contributed by atoms with Crippen LogP contribution in [0.15, 0.2) is 0 Å². The fourth-order valence-electron chi connectivity index (χ4n) is 16.7. The molecule has 0 spiro atoms. The van der Waals surface area contributed by atoms with E-state index in [4.69, 9.17) is 111 Å². The van der Waals surface area contributed by atoms with Crippen LogP contribution in [0.1, 0.15) is 121 Å². The number of nitrogens with zero attached hydrogens (tertiary/aromatic N) is 8. The average Bonchev–Trinajstić information content (AvgIpc) is 0.758. The van der Waals surface area contributed by atoms with Crippen LogP contribution in [0.3, 0.4) is 0 Å². The van der Waals surface area contributed by atoms with Crippen molar-refractivity contribution in [2.24, 2.45) is 0 Å². The lowest BCUT2D eigenvalue weighted by Crippen LogP contribution is -2.71. The van der Waals surface area contributed by atoms with Crippen molar-refractivity contribution in [3.63, 3.8) is 0 Å². The van der Waals surface area contributed by atoms with Gasteiger partial charge in [-0.05, 0) is 173 Å². The zero-order valence-electron chi connectivity index (χ0n) is 74.5. The van der Waals surface area contributed by atoms with Gasteiger partial charge in [-0.3, -0.25) is 39.2 Å². The van der Waals surface area contributed by atoms with E-state index in [1.54, 1.807) is 0 Å². The predicted octanol–water partition coefficient (Wildman–Crippen LogP) is 6.76. The molecule has 0 saturated carbocycles. The molecule has 0 amide bonds. The van der Waals surface area contributed by atoms with Crippen LogP contribution in [-0.4, -0.2) is 438 Å². The van der Waals surface area contributed by atoms with Crippen LogP contribution in [0.25, 0.3) is 0 Å². The highest BCUT2D eigenvalue weighted by Crippen LogP contribution is 2.42. The zero-order chi connectivity index (χ0) is 83.0. The van der Waals surface area contributed by atoms with Crippen LogP contribution in [0, 0.1) is 0 Å². The molecule has 8 heterocycles. The van der Waals surface area contributed by atoms with Gasteiger partial charge >= 0.3 is 70.4 Å². The van der Waals surface area contributed by atoms with Gasteiger partial charge in [0.25, 0.3) is 0 Å². The number of ether oxygens (including phenoxy) is 8. The third-order valence-corrected chi connectivity index (χ3v) is 54.7. The van der Waals surface area contributed by atoms with E-state index in [2.05, 4.69) is 39.2 Å². The Morgan fingerprint density at radius 2 is 0.265 bits per heavy atom. The Balaban J connectivity index is 1.36. The van der Waals surface area contributed by atoms with Crippen molar-refractivity contribution < 1.29 is 111 Å². The molecule has 8 aliphatic heterocycles. The lowest BCUT2D eigenvalue weighted by molar-refractivity contribution is 0.0212. The van der Waals surface area contributed by atoms with Gasteiger partial charge in [0.15, 0.2) is 0 Å². The van der Waals surface area contributed by atoms with Crippen LogP contribution in [0.2, 0.25) is 48.4 Å². The summed E-state index contributed by atoms with van der Waals surface area (Å²) in [5.41, 5.74) is 0. The first kappa shape index (κ1) is 103. The van der Waals surface area contributed by atoms with Gasteiger partial charge in [0.05, 0.1) is 106 Å². The van der Waals surface area contributed by atoms with Crippen molar-refractivity contribution in [3.05, 3.63) is 0 Å². The van der Waals surface area contributed by atoms with Crippen molar-refractivity contribution in [1.29, 1.82) is 0 Å². The molecule has 33 nitrogen and oxygen atoms in total. The Hall–Kier alpha value is 0.415. The molecule has 117 heavy (non-hydrogen) atoms. The molecule has 8 rings (SSSR count). The Morgan fingerprint density at radius 1 is 0.162 bits per heavy atom. The van der Waals surface area contributed by atoms with Gasteiger partial charge in [0.2, 0.25) is 0 Å². The van der Waals surface area contributed by atoms with Crippen LogP contribution in [0.4, 0.5) is 0 Å². The van der Waals surface area contributed by atoms with Crippen LogP contribution >= 0.6 is 0 Å². The number of rotatable bonds is 66. The van der Waals surface area contributed by atoms with Crippen LogP contribution in [-0.2, 0) is 111 Å². The normalized spacial score (nSPS) is 23.1. The predicted molar refractivity (Wildman–Crippen MR) is 463 cm³/mol. The minimum Gasteiger partial charge on any atom is -0.379 e. The van der Waals surface area contributed by atoms with Gasteiger partial charge in [0, 0.05) is 219 Å². The summed E-state index contributed by atoms with van der Waals surface area (Å²) in [6.45, 7) is 52.9. The summed E-state index contributed by atoms with van der Waals surface area (Å²) >= 11 is 0. The Bertz CT molecular complexity index is 2330. The second-order valence-corrected chi connectivity index (χ2v) is 54.5. The summed E-state index contributed by atoms with van der Waals surface area (Å²) in [5.74, 6) is 0. The average molecular weight is 1810 g/mol. The molecule has 688 valence electrons. The van der Waals surface area contributed by atoms with Crippen molar-refractivity contribution in [2.75, 3.05) is 329 Å². The standard InChI is InChI=1S/C76H162N8O25Si8/c1-11-93-110(94-12-2,69-21-29-77-37-53-85-54-38-77)103-112(97-15-5,71-23-31-79-41-57-87-58-42-79)105-114(99-17-7,73-25-33-81-45-61-89-62-46-81)107-116(101-19-9,75-27-35-83-49-65-91-66-50-83)109-117(102-20-10,76-28-36-84-51-67-92-68-52-84)108-115(100-18-8,74-26-34-82-47-63-90-64-48-82)106-113(98-16-6,72-24-32-80-43-59-88-60-44-80)104-111(95-13-3,96-14-4)70-22-30-78-39-55-86-56-40-78/h11-76H2,1-10H3. The second-order valence-electron chi connectivity index (χ2n) is 31.0. The number of hydrogen-bond acceptors (Lipinski definition) is 33. The molecule has 0 bridgehead atoms.